The van der Waals surface area contributed by atoms with E-state index in [9.17, 15) is 0 Å². The third-order valence-corrected chi connectivity index (χ3v) is 4.63. The standard InChI is InChI=1S/C16H27N3OS.HI/c1-5-19(6-2)16(17)18-11-13(3)12-21-15-10-8-7-9-14(15)20-4;/h7-10,13H,5-6,11-12H2,1-4H3,(H2,17,18);1H. The predicted molar refractivity (Wildman–Crippen MR) is 108 cm³/mol. The van der Waals surface area contributed by atoms with Gasteiger partial charge in [0.25, 0.3) is 0 Å². The van der Waals surface area contributed by atoms with Crippen LogP contribution in [0.1, 0.15) is 20.8 Å². The molecule has 4 nitrogen and oxygen atoms in total. The highest BCUT2D eigenvalue weighted by molar-refractivity contribution is 14.0. The quantitative estimate of drug-likeness (QED) is 0.292. The molecule has 1 atom stereocenters. The number of guanidine groups is 1. The van der Waals surface area contributed by atoms with Crippen molar-refractivity contribution in [2.45, 2.75) is 25.7 Å². The summed E-state index contributed by atoms with van der Waals surface area (Å²) in [6.45, 7) is 8.93. The number of nitrogens with zero attached hydrogens (tertiary/aromatic N) is 2. The van der Waals surface area contributed by atoms with Gasteiger partial charge >= 0.3 is 0 Å². The molecule has 0 aliphatic rings. The summed E-state index contributed by atoms with van der Waals surface area (Å²) in [5.41, 5.74) is 5.99. The van der Waals surface area contributed by atoms with Crippen molar-refractivity contribution in [2.24, 2.45) is 16.6 Å². The van der Waals surface area contributed by atoms with E-state index < -0.39 is 0 Å². The van der Waals surface area contributed by atoms with Crippen LogP contribution in [0.15, 0.2) is 34.2 Å². The van der Waals surface area contributed by atoms with E-state index in [2.05, 4.69) is 36.7 Å². The molecule has 22 heavy (non-hydrogen) atoms. The van der Waals surface area contributed by atoms with Crippen molar-refractivity contribution >= 4 is 41.7 Å². The first-order valence-corrected chi connectivity index (χ1v) is 8.41. The van der Waals surface area contributed by atoms with E-state index in [4.69, 9.17) is 10.5 Å². The van der Waals surface area contributed by atoms with E-state index in [0.717, 1.165) is 31.1 Å². The van der Waals surface area contributed by atoms with Crippen LogP contribution in [0.2, 0.25) is 0 Å². The molecule has 1 rings (SSSR count). The van der Waals surface area contributed by atoms with E-state index >= 15 is 0 Å². The number of halogens is 1. The highest BCUT2D eigenvalue weighted by Crippen LogP contribution is 2.29. The number of para-hydroxylation sites is 1. The summed E-state index contributed by atoms with van der Waals surface area (Å²) in [4.78, 5) is 7.74. The Balaban J connectivity index is 0.00000441. The maximum atomic E-state index is 5.99. The first kappa shape index (κ1) is 21.4. The van der Waals surface area contributed by atoms with Gasteiger partial charge < -0.3 is 15.4 Å². The molecule has 1 unspecified atom stereocenters. The first-order valence-electron chi connectivity index (χ1n) is 7.43. The van der Waals surface area contributed by atoms with Crippen LogP contribution in [0.5, 0.6) is 5.75 Å². The van der Waals surface area contributed by atoms with Crippen LogP contribution >= 0.6 is 35.7 Å². The Hall–Kier alpha value is -0.630. The van der Waals surface area contributed by atoms with Crippen molar-refractivity contribution in [3.8, 4) is 5.75 Å². The fraction of sp³-hybridized carbons (Fsp3) is 0.562. The number of aliphatic imine (C=N–C) groups is 1. The third-order valence-electron chi connectivity index (χ3n) is 3.24. The molecule has 1 aromatic carbocycles. The van der Waals surface area contributed by atoms with Crippen molar-refractivity contribution in [2.75, 3.05) is 32.5 Å². The zero-order valence-electron chi connectivity index (χ0n) is 13.9. The summed E-state index contributed by atoms with van der Waals surface area (Å²) in [7, 11) is 1.71. The number of thioether (sulfide) groups is 1. The van der Waals surface area contributed by atoms with Gasteiger partial charge in [0, 0.05) is 30.3 Å². The molecule has 126 valence electrons. The zero-order valence-corrected chi connectivity index (χ0v) is 17.1. The van der Waals surface area contributed by atoms with Gasteiger partial charge in [-0.1, -0.05) is 19.1 Å². The Kier molecular flexibility index (Phi) is 11.5. The number of ether oxygens (including phenoxy) is 1. The SMILES string of the molecule is CCN(CC)C(N)=NCC(C)CSc1ccccc1OC.I. The topological polar surface area (TPSA) is 50.8 Å². The van der Waals surface area contributed by atoms with Crippen molar-refractivity contribution in [3.63, 3.8) is 0 Å². The molecule has 6 heteroatoms. The van der Waals surface area contributed by atoms with E-state index in [1.807, 2.05) is 18.2 Å². The molecule has 0 aromatic heterocycles. The molecule has 0 heterocycles. The molecule has 0 aliphatic heterocycles. The Morgan fingerprint density at radius 3 is 2.55 bits per heavy atom. The molecule has 0 amide bonds. The Bertz CT molecular complexity index is 453. The smallest absolute Gasteiger partial charge is 0.191 e. The molecule has 0 bridgehead atoms. The van der Waals surface area contributed by atoms with Crippen LogP contribution < -0.4 is 10.5 Å². The Morgan fingerprint density at radius 1 is 1.32 bits per heavy atom. The molecule has 0 saturated heterocycles. The van der Waals surface area contributed by atoms with Gasteiger partial charge in [-0.05, 0) is 31.9 Å². The van der Waals surface area contributed by atoms with Gasteiger partial charge in [0.2, 0.25) is 0 Å². The second kappa shape index (κ2) is 11.9. The van der Waals surface area contributed by atoms with Gasteiger partial charge in [0.1, 0.15) is 5.75 Å². The average molecular weight is 437 g/mol. The van der Waals surface area contributed by atoms with Gasteiger partial charge in [0.15, 0.2) is 5.96 Å². The monoisotopic (exact) mass is 437 g/mol. The van der Waals surface area contributed by atoms with Gasteiger partial charge in [-0.25, -0.2) is 0 Å². The number of benzene rings is 1. The fourth-order valence-electron chi connectivity index (χ4n) is 1.92. The van der Waals surface area contributed by atoms with Crippen molar-refractivity contribution in [1.29, 1.82) is 0 Å². The van der Waals surface area contributed by atoms with Crippen LogP contribution in [0.3, 0.4) is 0 Å². The van der Waals surface area contributed by atoms with Crippen LogP contribution in [0.4, 0.5) is 0 Å². The molecule has 0 saturated carbocycles. The molecule has 0 spiro atoms. The third kappa shape index (κ3) is 7.09. The molecule has 1 aromatic rings. The van der Waals surface area contributed by atoms with Gasteiger partial charge in [-0.3, -0.25) is 4.99 Å². The molecule has 0 fully saturated rings. The maximum Gasteiger partial charge on any atom is 0.191 e. The normalized spacial score (nSPS) is 12.5. The molecule has 0 aliphatic carbocycles. The van der Waals surface area contributed by atoms with Crippen LogP contribution in [0, 0.1) is 5.92 Å². The largest absolute Gasteiger partial charge is 0.496 e. The summed E-state index contributed by atoms with van der Waals surface area (Å²) in [5.74, 6) is 3.04. The molecule has 2 N–H and O–H groups in total. The number of methoxy groups -OCH3 is 1. The number of hydrogen-bond donors (Lipinski definition) is 1. The number of rotatable bonds is 8. The molecular weight excluding hydrogens is 409 g/mol. The van der Waals surface area contributed by atoms with E-state index in [1.54, 1.807) is 18.9 Å². The predicted octanol–water partition coefficient (Wildman–Crippen LogP) is 3.70. The van der Waals surface area contributed by atoms with Gasteiger partial charge in [0.05, 0.1) is 7.11 Å². The molecular formula is C16H28IN3OS. The lowest BCUT2D eigenvalue weighted by atomic mass is 10.2. The lowest BCUT2D eigenvalue weighted by Gasteiger charge is -2.20. The fourth-order valence-corrected chi connectivity index (χ4v) is 2.96. The Labute approximate surface area is 155 Å². The second-order valence-electron chi connectivity index (χ2n) is 4.94. The van der Waals surface area contributed by atoms with E-state index in [0.29, 0.717) is 11.9 Å². The number of nitrogens with two attached hydrogens (primary N) is 1. The Morgan fingerprint density at radius 2 is 1.95 bits per heavy atom. The van der Waals surface area contributed by atoms with Crippen molar-refractivity contribution in [1.82, 2.24) is 4.90 Å². The van der Waals surface area contributed by atoms with Crippen molar-refractivity contribution < 1.29 is 4.74 Å². The summed E-state index contributed by atoms with van der Waals surface area (Å²) >= 11 is 1.80. The van der Waals surface area contributed by atoms with Crippen LogP contribution in [0.25, 0.3) is 0 Å². The van der Waals surface area contributed by atoms with Crippen molar-refractivity contribution in [3.05, 3.63) is 24.3 Å². The van der Waals surface area contributed by atoms with Crippen LogP contribution in [-0.4, -0.2) is 43.4 Å². The average Bonchev–Trinajstić information content (AvgIpc) is 2.52. The number of hydrogen-bond acceptors (Lipinski definition) is 3. The first-order chi connectivity index (χ1) is 10.1. The summed E-state index contributed by atoms with van der Waals surface area (Å²) < 4.78 is 5.36. The highest BCUT2D eigenvalue weighted by atomic mass is 127. The molecule has 0 radical (unpaired) electrons. The minimum Gasteiger partial charge on any atom is -0.496 e. The minimum absolute atomic E-state index is 0. The minimum atomic E-state index is 0. The zero-order chi connectivity index (χ0) is 15.7. The lowest BCUT2D eigenvalue weighted by molar-refractivity contribution is 0.405. The van der Waals surface area contributed by atoms with Gasteiger partial charge in [-0.2, -0.15) is 0 Å². The lowest BCUT2D eigenvalue weighted by Crippen LogP contribution is -2.37. The summed E-state index contributed by atoms with van der Waals surface area (Å²) in [6.07, 6.45) is 0. The summed E-state index contributed by atoms with van der Waals surface area (Å²) in [6, 6.07) is 8.10. The van der Waals surface area contributed by atoms with E-state index in [-0.39, 0.29) is 24.0 Å². The highest BCUT2D eigenvalue weighted by Gasteiger charge is 2.08. The van der Waals surface area contributed by atoms with Crippen LogP contribution in [-0.2, 0) is 0 Å². The summed E-state index contributed by atoms with van der Waals surface area (Å²) in [5, 5.41) is 0. The maximum absolute atomic E-state index is 5.99. The van der Waals surface area contributed by atoms with Gasteiger partial charge in [-0.15, -0.1) is 35.7 Å². The van der Waals surface area contributed by atoms with E-state index in [1.165, 1.54) is 4.90 Å². The second-order valence-corrected chi connectivity index (χ2v) is 6.00.